The minimum Gasteiger partial charge on any atom is -0.507 e. The Morgan fingerprint density at radius 1 is 0.943 bits per heavy atom. The third-order valence-corrected chi connectivity index (χ3v) is 5.97. The topological polar surface area (TPSA) is 76.1 Å². The summed E-state index contributed by atoms with van der Waals surface area (Å²) in [6.07, 6.45) is -0.0510. The Morgan fingerprint density at radius 2 is 1.66 bits per heavy atom. The van der Waals surface area contributed by atoms with Gasteiger partial charge in [0.15, 0.2) is 0 Å². The normalized spacial score (nSPS) is 17.2. The van der Waals surface area contributed by atoms with E-state index in [9.17, 15) is 14.7 Å². The van der Waals surface area contributed by atoms with Crippen LogP contribution in [-0.4, -0.2) is 30.0 Å². The van der Waals surface area contributed by atoms with Crippen molar-refractivity contribution in [3.63, 3.8) is 0 Å². The summed E-state index contributed by atoms with van der Waals surface area (Å²) in [5.41, 5.74) is 3.43. The minimum absolute atomic E-state index is 0.0354. The van der Waals surface area contributed by atoms with E-state index in [1.807, 2.05) is 64.1 Å². The maximum Gasteiger partial charge on any atom is 0.300 e. The van der Waals surface area contributed by atoms with Gasteiger partial charge in [-0.15, -0.1) is 0 Å². The molecule has 0 radical (unpaired) electrons. The number of Topliss-reactive ketones (excluding diaryl/α,β-unsaturated/α-hetero) is 1. The van der Waals surface area contributed by atoms with Gasteiger partial charge >= 0.3 is 0 Å². The zero-order valence-electron chi connectivity index (χ0n) is 20.5. The molecule has 1 aliphatic rings. The summed E-state index contributed by atoms with van der Waals surface area (Å²) in [5, 5.41) is 11.4. The number of ether oxygens (including phenoxy) is 2. The molecule has 1 amide bonds. The number of methoxy groups -OCH3 is 1. The van der Waals surface area contributed by atoms with Crippen LogP contribution < -0.4 is 14.4 Å². The first-order valence-electron chi connectivity index (χ1n) is 11.5. The standard InChI is InChI=1S/C29H29NO5/c1-17(2)35-23-11-6-8-20(15-23)26-25(27(31)24-14-18(3)12-13-19(24)4)28(32)29(33)30(26)21-9-7-10-22(16-21)34-5/h6-17,26,31H,1-5H3/b27-25+. The molecule has 0 aromatic heterocycles. The number of benzene rings is 3. The lowest BCUT2D eigenvalue weighted by atomic mass is 9.93. The highest BCUT2D eigenvalue weighted by atomic mass is 16.5. The molecule has 1 fully saturated rings. The van der Waals surface area contributed by atoms with Crippen LogP contribution in [-0.2, 0) is 9.59 Å². The number of aryl methyl sites for hydroxylation is 2. The molecule has 3 aromatic carbocycles. The van der Waals surface area contributed by atoms with Crippen LogP contribution in [0.2, 0.25) is 0 Å². The summed E-state index contributed by atoms with van der Waals surface area (Å²) in [5.74, 6) is -0.498. The number of aliphatic hydroxyl groups excluding tert-OH is 1. The van der Waals surface area contributed by atoms with Crippen LogP contribution in [0.25, 0.3) is 5.76 Å². The molecule has 1 N–H and O–H groups in total. The number of rotatable bonds is 6. The molecule has 180 valence electrons. The van der Waals surface area contributed by atoms with Crippen LogP contribution in [0.5, 0.6) is 11.5 Å². The van der Waals surface area contributed by atoms with Crippen molar-refractivity contribution in [2.75, 3.05) is 12.0 Å². The summed E-state index contributed by atoms with van der Waals surface area (Å²) in [4.78, 5) is 28.3. The molecule has 0 bridgehead atoms. The van der Waals surface area contributed by atoms with Gasteiger partial charge < -0.3 is 14.6 Å². The van der Waals surface area contributed by atoms with Crippen LogP contribution in [0.1, 0.15) is 42.1 Å². The number of amides is 1. The quantitative estimate of drug-likeness (QED) is 0.282. The van der Waals surface area contributed by atoms with Gasteiger partial charge in [-0.25, -0.2) is 0 Å². The van der Waals surface area contributed by atoms with Crippen LogP contribution in [0.15, 0.2) is 72.3 Å². The second kappa shape index (κ2) is 9.66. The fourth-order valence-electron chi connectivity index (χ4n) is 4.34. The van der Waals surface area contributed by atoms with Gasteiger partial charge in [0.05, 0.1) is 24.8 Å². The van der Waals surface area contributed by atoms with E-state index in [4.69, 9.17) is 9.47 Å². The molecule has 1 aliphatic heterocycles. The molecule has 35 heavy (non-hydrogen) atoms. The maximum absolute atomic E-state index is 13.4. The Morgan fingerprint density at radius 3 is 2.37 bits per heavy atom. The van der Waals surface area contributed by atoms with Crippen LogP contribution in [0.4, 0.5) is 5.69 Å². The SMILES string of the molecule is COc1cccc(N2C(=O)C(=O)/C(=C(/O)c3cc(C)ccc3C)C2c2cccc(OC(C)C)c2)c1. The van der Waals surface area contributed by atoms with Gasteiger partial charge in [0.2, 0.25) is 0 Å². The number of aliphatic hydroxyl groups is 1. The fourth-order valence-corrected chi connectivity index (χ4v) is 4.34. The number of hydrogen-bond acceptors (Lipinski definition) is 5. The van der Waals surface area contributed by atoms with Crippen molar-refractivity contribution >= 4 is 23.1 Å². The Labute approximate surface area is 205 Å². The van der Waals surface area contributed by atoms with E-state index in [0.717, 1.165) is 11.1 Å². The minimum atomic E-state index is -0.849. The Hall–Kier alpha value is -4.06. The molecular formula is C29H29NO5. The molecule has 6 heteroatoms. The number of nitrogens with zero attached hydrogens (tertiary/aromatic N) is 1. The molecule has 3 aromatic rings. The predicted octanol–water partition coefficient (Wildman–Crippen LogP) is 5.73. The van der Waals surface area contributed by atoms with Gasteiger partial charge in [-0.1, -0.05) is 35.9 Å². The molecule has 1 unspecified atom stereocenters. The highest BCUT2D eigenvalue weighted by molar-refractivity contribution is 6.51. The van der Waals surface area contributed by atoms with Gasteiger partial charge in [-0.2, -0.15) is 0 Å². The third-order valence-electron chi connectivity index (χ3n) is 5.97. The number of hydrogen-bond donors (Lipinski definition) is 1. The Balaban J connectivity index is 1.97. The van der Waals surface area contributed by atoms with Crippen molar-refractivity contribution in [1.29, 1.82) is 0 Å². The van der Waals surface area contributed by atoms with Crippen molar-refractivity contribution in [3.8, 4) is 11.5 Å². The number of ketones is 1. The lowest BCUT2D eigenvalue weighted by Gasteiger charge is -2.26. The first kappa shape index (κ1) is 24.1. The van der Waals surface area contributed by atoms with Gasteiger partial charge in [0.1, 0.15) is 17.3 Å². The van der Waals surface area contributed by atoms with Gasteiger partial charge in [-0.05, 0) is 69.2 Å². The van der Waals surface area contributed by atoms with Crippen molar-refractivity contribution in [2.24, 2.45) is 0 Å². The Kier molecular flexibility index (Phi) is 6.65. The lowest BCUT2D eigenvalue weighted by molar-refractivity contribution is -0.132. The highest BCUT2D eigenvalue weighted by Crippen LogP contribution is 2.43. The van der Waals surface area contributed by atoms with Crippen molar-refractivity contribution in [2.45, 2.75) is 39.8 Å². The molecular weight excluding hydrogens is 442 g/mol. The van der Waals surface area contributed by atoms with Crippen molar-refractivity contribution in [1.82, 2.24) is 0 Å². The van der Waals surface area contributed by atoms with E-state index in [1.165, 1.54) is 12.0 Å². The highest BCUT2D eigenvalue weighted by Gasteiger charge is 2.47. The largest absolute Gasteiger partial charge is 0.507 e. The van der Waals surface area contributed by atoms with E-state index in [0.29, 0.717) is 28.3 Å². The Bertz CT molecular complexity index is 1320. The van der Waals surface area contributed by atoms with E-state index >= 15 is 0 Å². The van der Waals surface area contributed by atoms with Crippen LogP contribution in [0.3, 0.4) is 0 Å². The average molecular weight is 472 g/mol. The summed E-state index contributed by atoms with van der Waals surface area (Å²) in [6.45, 7) is 7.62. The molecule has 6 nitrogen and oxygen atoms in total. The number of carbonyl (C=O) groups excluding carboxylic acids is 2. The van der Waals surface area contributed by atoms with E-state index in [1.54, 1.807) is 30.3 Å². The fraction of sp³-hybridized carbons (Fsp3) is 0.241. The second-order valence-corrected chi connectivity index (χ2v) is 8.93. The first-order valence-corrected chi connectivity index (χ1v) is 11.5. The number of anilines is 1. The average Bonchev–Trinajstić information content (AvgIpc) is 3.10. The van der Waals surface area contributed by atoms with Gasteiger partial charge in [-0.3, -0.25) is 14.5 Å². The zero-order chi connectivity index (χ0) is 25.3. The molecule has 1 atom stereocenters. The van der Waals surface area contributed by atoms with Crippen molar-refractivity contribution < 1.29 is 24.2 Å². The lowest BCUT2D eigenvalue weighted by Crippen LogP contribution is -2.29. The molecule has 0 saturated carbocycles. The van der Waals surface area contributed by atoms with Gasteiger partial charge in [0.25, 0.3) is 11.7 Å². The molecule has 1 saturated heterocycles. The smallest absolute Gasteiger partial charge is 0.300 e. The molecule has 0 spiro atoms. The summed E-state index contributed by atoms with van der Waals surface area (Å²) < 4.78 is 11.2. The molecule has 1 heterocycles. The molecule has 4 rings (SSSR count). The van der Waals surface area contributed by atoms with E-state index in [-0.39, 0.29) is 17.4 Å². The monoisotopic (exact) mass is 471 g/mol. The zero-order valence-corrected chi connectivity index (χ0v) is 20.5. The van der Waals surface area contributed by atoms with Crippen LogP contribution >= 0.6 is 0 Å². The predicted molar refractivity (Wildman–Crippen MR) is 136 cm³/mol. The van der Waals surface area contributed by atoms with E-state index < -0.39 is 17.7 Å². The maximum atomic E-state index is 13.4. The summed E-state index contributed by atoms with van der Waals surface area (Å²) in [6, 6.07) is 19.0. The summed E-state index contributed by atoms with van der Waals surface area (Å²) in [7, 11) is 1.54. The van der Waals surface area contributed by atoms with Crippen molar-refractivity contribution in [3.05, 3.63) is 94.6 Å². The van der Waals surface area contributed by atoms with E-state index in [2.05, 4.69) is 0 Å². The molecule has 0 aliphatic carbocycles. The number of carbonyl (C=O) groups is 2. The van der Waals surface area contributed by atoms with Crippen LogP contribution in [0, 0.1) is 13.8 Å². The first-order chi connectivity index (χ1) is 16.7. The van der Waals surface area contributed by atoms with Gasteiger partial charge in [0, 0.05) is 17.3 Å². The second-order valence-electron chi connectivity index (χ2n) is 8.93. The summed E-state index contributed by atoms with van der Waals surface area (Å²) >= 11 is 0. The third kappa shape index (κ3) is 4.64.